The minimum absolute atomic E-state index is 0.0554. The first kappa shape index (κ1) is 16.4. The third-order valence-electron chi connectivity index (χ3n) is 3.69. The van der Waals surface area contributed by atoms with Crippen LogP contribution >= 0.6 is 22.7 Å². The molecule has 0 spiro atoms. The fourth-order valence-electron chi connectivity index (χ4n) is 2.39. The van der Waals surface area contributed by atoms with Crippen molar-refractivity contribution in [2.24, 2.45) is 0 Å². The van der Waals surface area contributed by atoms with Gasteiger partial charge in [0.15, 0.2) is 0 Å². The molecule has 2 N–H and O–H groups in total. The number of amides is 1. The second kappa shape index (κ2) is 6.97. The van der Waals surface area contributed by atoms with Crippen molar-refractivity contribution in [3.63, 3.8) is 0 Å². The number of nitrogens with zero attached hydrogens (tertiary/aromatic N) is 1. The van der Waals surface area contributed by atoms with Crippen molar-refractivity contribution in [3.8, 4) is 6.07 Å². The summed E-state index contributed by atoms with van der Waals surface area (Å²) in [7, 11) is 0. The topological polar surface area (TPSA) is 73.1 Å². The average Bonchev–Trinajstić information content (AvgIpc) is 3.33. The van der Waals surface area contributed by atoms with Gasteiger partial charge in [-0.15, -0.1) is 11.3 Å². The summed E-state index contributed by atoms with van der Waals surface area (Å²) in [5, 5.41) is 28.6. The molecule has 1 aromatic carbocycles. The fraction of sp³-hybridized carbons (Fsp3) is 0.111. The van der Waals surface area contributed by atoms with Gasteiger partial charge in [-0.25, -0.2) is 0 Å². The van der Waals surface area contributed by atoms with Gasteiger partial charge in [0.25, 0.3) is 5.91 Å². The van der Waals surface area contributed by atoms with Gasteiger partial charge in [-0.3, -0.25) is 4.79 Å². The van der Waals surface area contributed by atoms with E-state index in [2.05, 4.69) is 5.32 Å². The van der Waals surface area contributed by atoms with Crippen molar-refractivity contribution in [1.29, 1.82) is 5.26 Å². The van der Waals surface area contributed by atoms with Gasteiger partial charge in [0.05, 0.1) is 18.2 Å². The summed E-state index contributed by atoms with van der Waals surface area (Å²) < 4.78 is 0. The predicted octanol–water partition coefficient (Wildman–Crippen LogP) is 3.35. The predicted molar refractivity (Wildman–Crippen MR) is 95.1 cm³/mol. The molecule has 0 fully saturated rings. The molecule has 0 bridgehead atoms. The number of hydrogen-bond donors (Lipinski definition) is 2. The molecule has 6 heteroatoms. The van der Waals surface area contributed by atoms with Crippen molar-refractivity contribution in [3.05, 3.63) is 80.2 Å². The van der Waals surface area contributed by atoms with E-state index in [9.17, 15) is 9.90 Å². The summed E-state index contributed by atoms with van der Waals surface area (Å²) >= 11 is 2.94. The van der Waals surface area contributed by atoms with Gasteiger partial charge in [-0.1, -0.05) is 12.1 Å². The average molecular weight is 354 g/mol. The molecule has 2 heterocycles. The molecule has 0 saturated carbocycles. The van der Waals surface area contributed by atoms with Gasteiger partial charge in [-0.05, 0) is 46.5 Å². The van der Waals surface area contributed by atoms with E-state index in [-0.39, 0.29) is 12.5 Å². The zero-order valence-electron chi connectivity index (χ0n) is 12.6. The molecule has 24 heavy (non-hydrogen) atoms. The highest BCUT2D eigenvalue weighted by Gasteiger charge is 2.33. The second-order valence-corrected chi connectivity index (χ2v) is 6.95. The molecule has 0 aliphatic carbocycles. The van der Waals surface area contributed by atoms with Crippen LogP contribution < -0.4 is 5.32 Å². The molecule has 0 radical (unpaired) electrons. The Morgan fingerprint density at radius 2 is 2.12 bits per heavy atom. The standard InChI is InChI=1S/C18H14N2O2S2/c19-10-13-3-1-4-14(9-13)17(21)20-12-18(22,15-6-8-23-11-15)16-5-2-7-24-16/h1-9,11,22H,12H2,(H,20,21). The molecule has 4 nitrogen and oxygen atoms in total. The molecule has 3 aromatic rings. The first-order valence-corrected chi connectivity index (χ1v) is 9.03. The number of hydrogen-bond acceptors (Lipinski definition) is 5. The number of carbonyl (C=O) groups is 1. The van der Waals surface area contributed by atoms with E-state index in [1.807, 2.05) is 40.4 Å². The molecule has 0 saturated heterocycles. The van der Waals surface area contributed by atoms with Crippen LogP contribution in [-0.2, 0) is 5.60 Å². The van der Waals surface area contributed by atoms with E-state index in [0.29, 0.717) is 11.1 Å². The molecular formula is C18H14N2O2S2. The lowest BCUT2D eigenvalue weighted by Gasteiger charge is -2.27. The number of aliphatic hydroxyl groups is 1. The summed E-state index contributed by atoms with van der Waals surface area (Å²) in [5.41, 5.74) is 0.305. The SMILES string of the molecule is N#Cc1cccc(C(=O)NCC(O)(c2ccsc2)c2cccs2)c1. The summed E-state index contributed by atoms with van der Waals surface area (Å²) in [5.74, 6) is -0.322. The number of nitrogens with one attached hydrogen (secondary N) is 1. The molecule has 3 rings (SSSR count). The van der Waals surface area contributed by atoms with Gasteiger partial charge in [0.1, 0.15) is 5.60 Å². The smallest absolute Gasteiger partial charge is 0.251 e. The number of nitriles is 1. The highest BCUT2D eigenvalue weighted by molar-refractivity contribution is 7.10. The van der Waals surface area contributed by atoms with Crippen LogP contribution in [0, 0.1) is 11.3 Å². The van der Waals surface area contributed by atoms with Crippen LogP contribution in [0.3, 0.4) is 0 Å². The number of thiophene rings is 2. The first-order chi connectivity index (χ1) is 11.6. The number of carbonyl (C=O) groups excluding carboxylic acids is 1. The van der Waals surface area contributed by atoms with Crippen molar-refractivity contribution < 1.29 is 9.90 Å². The largest absolute Gasteiger partial charge is 0.378 e. The third-order valence-corrected chi connectivity index (χ3v) is 5.39. The van der Waals surface area contributed by atoms with E-state index in [0.717, 1.165) is 10.4 Å². The summed E-state index contributed by atoms with van der Waals surface area (Å²) in [6, 6.07) is 14.1. The van der Waals surface area contributed by atoms with Gasteiger partial charge in [0, 0.05) is 16.0 Å². The molecule has 1 unspecified atom stereocenters. The van der Waals surface area contributed by atoms with Crippen LogP contribution in [0.2, 0.25) is 0 Å². The zero-order chi connectivity index (χ0) is 17.0. The van der Waals surface area contributed by atoms with Crippen LogP contribution in [-0.4, -0.2) is 17.6 Å². The lowest BCUT2D eigenvalue weighted by Crippen LogP contribution is -2.41. The third kappa shape index (κ3) is 3.24. The highest BCUT2D eigenvalue weighted by Crippen LogP contribution is 2.33. The van der Waals surface area contributed by atoms with Crippen LogP contribution in [0.15, 0.2) is 58.6 Å². The van der Waals surface area contributed by atoms with Gasteiger partial charge in [-0.2, -0.15) is 16.6 Å². The van der Waals surface area contributed by atoms with Crippen LogP contribution in [0.25, 0.3) is 0 Å². The minimum Gasteiger partial charge on any atom is -0.378 e. The monoisotopic (exact) mass is 354 g/mol. The summed E-state index contributed by atoms with van der Waals surface area (Å²) in [6.07, 6.45) is 0. The second-order valence-electron chi connectivity index (χ2n) is 5.22. The summed E-state index contributed by atoms with van der Waals surface area (Å²) in [6.45, 7) is 0.0554. The van der Waals surface area contributed by atoms with Crippen LogP contribution in [0.4, 0.5) is 0 Å². The van der Waals surface area contributed by atoms with Gasteiger partial charge < -0.3 is 10.4 Å². The first-order valence-electron chi connectivity index (χ1n) is 7.21. The van der Waals surface area contributed by atoms with E-state index in [1.54, 1.807) is 18.2 Å². The molecule has 2 aromatic heterocycles. The summed E-state index contributed by atoms with van der Waals surface area (Å²) in [4.78, 5) is 13.1. The van der Waals surface area contributed by atoms with Crippen LogP contribution in [0.1, 0.15) is 26.4 Å². The molecule has 1 amide bonds. The van der Waals surface area contributed by atoms with Crippen LogP contribution in [0.5, 0.6) is 0 Å². The Bertz CT molecular complexity index is 831. The number of rotatable bonds is 5. The van der Waals surface area contributed by atoms with Crippen molar-refractivity contribution in [2.75, 3.05) is 6.54 Å². The molecule has 0 aliphatic rings. The lowest BCUT2D eigenvalue weighted by atomic mass is 9.94. The molecule has 1 atom stereocenters. The maximum absolute atomic E-state index is 12.4. The Morgan fingerprint density at radius 1 is 1.25 bits per heavy atom. The van der Waals surface area contributed by atoms with Gasteiger partial charge in [0.2, 0.25) is 0 Å². The maximum Gasteiger partial charge on any atom is 0.251 e. The molecular weight excluding hydrogens is 340 g/mol. The van der Waals surface area contributed by atoms with E-state index >= 15 is 0 Å². The van der Waals surface area contributed by atoms with Crippen molar-refractivity contribution in [1.82, 2.24) is 5.32 Å². The molecule has 120 valence electrons. The fourth-order valence-corrected chi connectivity index (χ4v) is 3.96. The Hall–Kier alpha value is -2.46. The van der Waals surface area contributed by atoms with Crippen molar-refractivity contribution >= 4 is 28.6 Å². The minimum atomic E-state index is -1.27. The highest BCUT2D eigenvalue weighted by atomic mass is 32.1. The quantitative estimate of drug-likeness (QED) is 0.738. The van der Waals surface area contributed by atoms with Crippen molar-refractivity contribution in [2.45, 2.75) is 5.60 Å². The maximum atomic E-state index is 12.4. The number of benzene rings is 1. The Labute approximate surface area is 147 Å². The Morgan fingerprint density at radius 3 is 2.79 bits per heavy atom. The van der Waals surface area contributed by atoms with E-state index < -0.39 is 5.60 Å². The van der Waals surface area contributed by atoms with E-state index in [1.165, 1.54) is 28.7 Å². The lowest BCUT2D eigenvalue weighted by molar-refractivity contribution is 0.0721. The Kier molecular flexibility index (Phi) is 4.76. The normalized spacial score (nSPS) is 13.0. The Balaban J connectivity index is 1.82. The molecule has 0 aliphatic heterocycles. The zero-order valence-corrected chi connectivity index (χ0v) is 14.2. The van der Waals surface area contributed by atoms with E-state index in [4.69, 9.17) is 5.26 Å². The van der Waals surface area contributed by atoms with Gasteiger partial charge >= 0.3 is 0 Å².